The number of halogens is 3. The minimum absolute atomic E-state index is 0.0451. The van der Waals surface area contributed by atoms with E-state index in [0.717, 1.165) is 6.07 Å². The highest BCUT2D eigenvalue weighted by atomic mass is 19.4. The molecule has 0 aliphatic rings. The van der Waals surface area contributed by atoms with E-state index in [-0.39, 0.29) is 29.4 Å². The Hall–Kier alpha value is -3.28. The van der Waals surface area contributed by atoms with E-state index in [1.807, 2.05) is 6.07 Å². The van der Waals surface area contributed by atoms with Crippen molar-refractivity contribution < 1.29 is 27.6 Å². The SMILES string of the molecule is CCOc1cc(C#N)ccc1Oc1ccc(C(F)(F)F)cc1[N+](=O)[O-]. The highest BCUT2D eigenvalue weighted by Crippen LogP contribution is 2.40. The molecule has 2 aromatic carbocycles. The Morgan fingerprint density at radius 1 is 1.16 bits per heavy atom. The van der Waals surface area contributed by atoms with Gasteiger partial charge in [0.1, 0.15) is 0 Å². The average Bonchev–Trinajstić information content (AvgIpc) is 2.55. The van der Waals surface area contributed by atoms with Crippen molar-refractivity contribution in [2.24, 2.45) is 0 Å². The van der Waals surface area contributed by atoms with Gasteiger partial charge in [0.25, 0.3) is 0 Å². The molecular weight excluding hydrogens is 341 g/mol. The first-order chi connectivity index (χ1) is 11.8. The molecule has 0 unspecified atom stereocenters. The average molecular weight is 352 g/mol. The third-order valence-corrected chi connectivity index (χ3v) is 3.08. The summed E-state index contributed by atoms with van der Waals surface area (Å²) in [5.41, 5.74) is -1.71. The number of nitrogens with zero attached hydrogens (tertiary/aromatic N) is 2. The van der Waals surface area contributed by atoms with E-state index in [1.165, 1.54) is 18.2 Å². The predicted molar refractivity (Wildman–Crippen MR) is 80.5 cm³/mol. The number of ether oxygens (including phenoxy) is 2. The van der Waals surface area contributed by atoms with E-state index in [9.17, 15) is 23.3 Å². The van der Waals surface area contributed by atoms with E-state index < -0.39 is 22.4 Å². The molecule has 0 aliphatic heterocycles. The van der Waals surface area contributed by atoms with E-state index in [0.29, 0.717) is 12.1 Å². The molecule has 2 aromatic rings. The zero-order valence-electron chi connectivity index (χ0n) is 12.8. The Bertz CT molecular complexity index is 844. The molecule has 0 spiro atoms. The van der Waals surface area contributed by atoms with Crippen LogP contribution in [0.15, 0.2) is 36.4 Å². The van der Waals surface area contributed by atoms with Gasteiger partial charge in [-0.25, -0.2) is 0 Å². The summed E-state index contributed by atoms with van der Waals surface area (Å²) in [6, 6.07) is 7.98. The lowest BCUT2D eigenvalue weighted by Crippen LogP contribution is -2.06. The maximum Gasteiger partial charge on any atom is 0.416 e. The van der Waals surface area contributed by atoms with Gasteiger partial charge in [-0.3, -0.25) is 10.1 Å². The number of rotatable bonds is 5. The molecule has 0 atom stereocenters. The molecule has 0 bridgehead atoms. The van der Waals surface area contributed by atoms with Crippen LogP contribution in [-0.2, 0) is 6.18 Å². The summed E-state index contributed by atoms with van der Waals surface area (Å²) in [6.45, 7) is 1.92. The molecule has 2 rings (SSSR count). The predicted octanol–water partition coefficient (Wildman–Crippen LogP) is 4.68. The fraction of sp³-hybridized carbons (Fsp3) is 0.188. The minimum Gasteiger partial charge on any atom is -0.490 e. The highest BCUT2D eigenvalue weighted by molar-refractivity contribution is 5.54. The Labute approximate surface area is 140 Å². The van der Waals surface area contributed by atoms with Gasteiger partial charge < -0.3 is 9.47 Å². The number of alkyl halides is 3. The van der Waals surface area contributed by atoms with Gasteiger partial charge in [-0.05, 0) is 31.2 Å². The quantitative estimate of drug-likeness (QED) is 0.576. The van der Waals surface area contributed by atoms with Gasteiger partial charge in [0.15, 0.2) is 11.5 Å². The van der Waals surface area contributed by atoms with Gasteiger partial charge in [-0.15, -0.1) is 0 Å². The van der Waals surface area contributed by atoms with Crippen molar-refractivity contribution in [2.45, 2.75) is 13.1 Å². The van der Waals surface area contributed by atoms with Gasteiger partial charge in [-0.1, -0.05) is 0 Å². The van der Waals surface area contributed by atoms with E-state index >= 15 is 0 Å². The monoisotopic (exact) mass is 352 g/mol. The number of nitro benzene ring substituents is 1. The Morgan fingerprint density at radius 3 is 2.40 bits per heavy atom. The second-order valence-electron chi connectivity index (χ2n) is 4.75. The standard InChI is InChI=1S/C16H11F3N2O4/c1-2-24-15-7-10(9-20)3-5-14(15)25-13-6-4-11(16(17,18)19)8-12(13)21(22)23/h3-8H,2H2,1H3. The first-order valence-corrected chi connectivity index (χ1v) is 6.96. The third-order valence-electron chi connectivity index (χ3n) is 3.08. The summed E-state index contributed by atoms with van der Waals surface area (Å²) >= 11 is 0. The first-order valence-electron chi connectivity index (χ1n) is 6.96. The van der Waals surface area contributed by atoms with Crippen LogP contribution in [0.5, 0.6) is 17.2 Å². The van der Waals surface area contributed by atoms with Crippen LogP contribution in [0, 0.1) is 21.4 Å². The Morgan fingerprint density at radius 2 is 1.84 bits per heavy atom. The van der Waals surface area contributed by atoms with Crippen LogP contribution in [0.25, 0.3) is 0 Å². The zero-order chi connectivity index (χ0) is 18.6. The molecule has 0 heterocycles. The number of hydrogen-bond donors (Lipinski definition) is 0. The lowest BCUT2D eigenvalue weighted by atomic mass is 10.1. The number of hydrogen-bond acceptors (Lipinski definition) is 5. The molecule has 0 saturated heterocycles. The summed E-state index contributed by atoms with van der Waals surface area (Å²) in [7, 11) is 0. The van der Waals surface area contributed by atoms with Crippen LogP contribution < -0.4 is 9.47 Å². The van der Waals surface area contributed by atoms with Crippen molar-refractivity contribution in [1.29, 1.82) is 5.26 Å². The molecular formula is C16H11F3N2O4. The molecule has 0 aliphatic carbocycles. The van der Waals surface area contributed by atoms with Crippen molar-refractivity contribution >= 4 is 5.69 Å². The molecule has 0 N–H and O–H groups in total. The highest BCUT2D eigenvalue weighted by Gasteiger charge is 2.33. The van der Waals surface area contributed by atoms with E-state index in [2.05, 4.69) is 0 Å². The fourth-order valence-electron chi connectivity index (χ4n) is 1.97. The molecule has 0 aromatic heterocycles. The number of nitro groups is 1. The molecule has 0 saturated carbocycles. The van der Waals surface area contributed by atoms with Gasteiger partial charge in [0.05, 0.1) is 28.7 Å². The second-order valence-corrected chi connectivity index (χ2v) is 4.75. The van der Waals surface area contributed by atoms with Crippen LogP contribution in [0.3, 0.4) is 0 Å². The van der Waals surface area contributed by atoms with Gasteiger partial charge >= 0.3 is 11.9 Å². The van der Waals surface area contributed by atoms with Crippen LogP contribution in [-0.4, -0.2) is 11.5 Å². The van der Waals surface area contributed by atoms with Crippen molar-refractivity contribution in [3.63, 3.8) is 0 Å². The molecule has 0 fully saturated rings. The summed E-state index contributed by atoms with van der Waals surface area (Å²) in [6.07, 6.45) is -4.71. The van der Waals surface area contributed by atoms with Crippen molar-refractivity contribution in [1.82, 2.24) is 0 Å². The minimum atomic E-state index is -4.71. The lowest BCUT2D eigenvalue weighted by Gasteiger charge is -2.13. The molecule has 9 heteroatoms. The van der Waals surface area contributed by atoms with E-state index in [4.69, 9.17) is 14.7 Å². The molecule has 0 radical (unpaired) electrons. The van der Waals surface area contributed by atoms with Gasteiger partial charge in [-0.2, -0.15) is 18.4 Å². The molecule has 6 nitrogen and oxygen atoms in total. The largest absolute Gasteiger partial charge is 0.490 e. The summed E-state index contributed by atoms with van der Waals surface area (Å²) in [4.78, 5) is 10.1. The Balaban J connectivity index is 2.47. The van der Waals surface area contributed by atoms with Crippen LogP contribution in [0.2, 0.25) is 0 Å². The van der Waals surface area contributed by atoms with Crippen LogP contribution in [0.4, 0.5) is 18.9 Å². The van der Waals surface area contributed by atoms with Crippen LogP contribution >= 0.6 is 0 Å². The maximum atomic E-state index is 12.7. The topological polar surface area (TPSA) is 85.4 Å². The lowest BCUT2D eigenvalue weighted by molar-refractivity contribution is -0.385. The summed E-state index contributed by atoms with van der Waals surface area (Å²) in [5.74, 6) is -0.178. The normalized spacial score (nSPS) is 10.8. The van der Waals surface area contributed by atoms with Gasteiger partial charge in [0, 0.05) is 12.1 Å². The van der Waals surface area contributed by atoms with Crippen molar-refractivity contribution in [3.8, 4) is 23.3 Å². The third kappa shape index (κ3) is 4.17. The fourth-order valence-corrected chi connectivity index (χ4v) is 1.97. The summed E-state index contributed by atoms with van der Waals surface area (Å²) in [5, 5.41) is 20.0. The molecule has 0 amide bonds. The number of benzene rings is 2. The van der Waals surface area contributed by atoms with Gasteiger partial charge in [0.2, 0.25) is 5.75 Å². The zero-order valence-corrected chi connectivity index (χ0v) is 12.8. The maximum absolute atomic E-state index is 12.7. The van der Waals surface area contributed by atoms with E-state index in [1.54, 1.807) is 6.92 Å². The van der Waals surface area contributed by atoms with Crippen molar-refractivity contribution in [2.75, 3.05) is 6.61 Å². The Kier molecular flexibility index (Phi) is 5.12. The molecule has 25 heavy (non-hydrogen) atoms. The first kappa shape index (κ1) is 18.1. The van der Waals surface area contributed by atoms with Crippen LogP contribution in [0.1, 0.15) is 18.1 Å². The van der Waals surface area contributed by atoms with Crippen molar-refractivity contribution in [3.05, 3.63) is 57.6 Å². The smallest absolute Gasteiger partial charge is 0.416 e. The second kappa shape index (κ2) is 7.09. The summed E-state index contributed by atoms with van der Waals surface area (Å²) < 4.78 is 48.9. The number of nitriles is 1. The molecule has 130 valence electrons.